The second-order valence-corrected chi connectivity index (χ2v) is 5.19. The van der Waals surface area contributed by atoms with Crippen LogP contribution < -0.4 is 4.74 Å². The predicted octanol–water partition coefficient (Wildman–Crippen LogP) is 2.68. The van der Waals surface area contributed by atoms with E-state index in [1.807, 2.05) is 12.1 Å². The average molecular weight is 300 g/mol. The highest BCUT2D eigenvalue weighted by Crippen LogP contribution is 2.25. The zero-order valence-corrected chi connectivity index (χ0v) is 11.9. The maximum atomic E-state index is 5.37. The normalized spacial score (nSPS) is 20.8. The van der Waals surface area contributed by atoms with Gasteiger partial charge in [-0.2, -0.15) is 0 Å². The lowest BCUT2D eigenvalue weighted by Crippen LogP contribution is -2.22. The van der Waals surface area contributed by atoms with Crippen LogP contribution in [0.25, 0.3) is 0 Å². The van der Waals surface area contributed by atoms with Gasteiger partial charge >= 0.3 is 0 Å². The zero-order valence-electron chi connectivity index (χ0n) is 10.3. The topological polar surface area (TPSA) is 21.7 Å². The van der Waals surface area contributed by atoms with Crippen molar-refractivity contribution >= 4 is 15.9 Å². The molecule has 1 atom stereocenters. The second-order valence-electron chi connectivity index (χ2n) is 4.34. The fourth-order valence-corrected chi connectivity index (χ4v) is 2.64. The van der Waals surface area contributed by atoms with E-state index in [1.54, 1.807) is 14.2 Å². The van der Waals surface area contributed by atoms with Crippen LogP contribution >= 0.6 is 15.9 Å². The lowest BCUT2D eigenvalue weighted by Gasteiger charge is -2.17. The first-order chi connectivity index (χ1) is 8.22. The highest BCUT2D eigenvalue weighted by Gasteiger charge is 2.22. The number of likely N-dealkylation sites (tertiary alicyclic amines) is 1. The summed E-state index contributed by atoms with van der Waals surface area (Å²) in [6, 6.07) is 6.13. The van der Waals surface area contributed by atoms with Crippen LogP contribution in [0.4, 0.5) is 0 Å². The van der Waals surface area contributed by atoms with Gasteiger partial charge in [0.05, 0.1) is 13.2 Å². The first-order valence-electron chi connectivity index (χ1n) is 5.80. The summed E-state index contributed by atoms with van der Waals surface area (Å²) in [5, 5.41) is 0. The molecular weight excluding hydrogens is 282 g/mol. The number of nitrogens with zero attached hydrogens (tertiary/aromatic N) is 1. The third-order valence-electron chi connectivity index (χ3n) is 3.22. The summed E-state index contributed by atoms with van der Waals surface area (Å²) in [7, 11) is 3.47. The number of methoxy groups -OCH3 is 2. The molecule has 0 radical (unpaired) electrons. The SMILES string of the molecule is COc1ccc(CN2CC[C@H](OC)C2)c(Br)c1. The number of hydrogen-bond acceptors (Lipinski definition) is 3. The highest BCUT2D eigenvalue weighted by atomic mass is 79.9. The average Bonchev–Trinajstić information content (AvgIpc) is 2.79. The minimum absolute atomic E-state index is 0.395. The van der Waals surface area contributed by atoms with Gasteiger partial charge in [-0.1, -0.05) is 22.0 Å². The van der Waals surface area contributed by atoms with E-state index in [4.69, 9.17) is 9.47 Å². The van der Waals surface area contributed by atoms with Gasteiger partial charge in [0.2, 0.25) is 0 Å². The van der Waals surface area contributed by atoms with E-state index in [0.29, 0.717) is 6.10 Å². The van der Waals surface area contributed by atoms with Crippen LogP contribution in [0.1, 0.15) is 12.0 Å². The lowest BCUT2D eigenvalue weighted by molar-refractivity contribution is 0.107. The molecule has 1 aliphatic rings. The van der Waals surface area contributed by atoms with E-state index in [2.05, 4.69) is 26.9 Å². The fourth-order valence-electron chi connectivity index (χ4n) is 2.16. The van der Waals surface area contributed by atoms with E-state index in [1.165, 1.54) is 5.56 Å². The molecule has 1 aromatic rings. The zero-order chi connectivity index (χ0) is 12.3. The molecule has 0 saturated carbocycles. The molecule has 4 heteroatoms. The Morgan fingerprint density at radius 1 is 1.41 bits per heavy atom. The molecule has 17 heavy (non-hydrogen) atoms. The molecule has 0 unspecified atom stereocenters. The Kier molecular flexibility index (Phi) is 4.42. The minimum atomic E-state index is 0.395. The Hall–Kier alpha value is -0.580. The number of rotatable bonds is 4. The molecule has 94 valence electrons. The lowest BCUT2D eigenvalue weighted by atomic mass is 10.2. The minimum Gasteiger partial charge on any atom is -0.497 e. The first-order valence-corrected chi connectivity index (χ1v) is 6.60. The van der Waals surface area contributed by atoms with Crippen LogP contribution in [0.2, 0.25) is 0 Å². The predicted molar refractivity (Wildman–Crippen MR) is 71.4 cm³/mol. The molecule has 3 nitrogen and oxygen atoms in total. The molecule has 0 bridgehead atoms. The number of benzene rings is 1. The summed E-state index contributed by atoms with van der Waals surface area (Å²) in [4.78, 5) is 2.42. The van der Waals surface area contributed by atoms with Gasteiger partial charge in [0.1, 0.15) is 5.75 Å². The summed E-state index contributed by atoms with van der Waals surface area (Å²) >= 11 is 3.59. The maximum Gasteiger partial charge on any atom is 0.120 e. The van der Waals surface area contributed by atoms with Gasteiger partial charge in [-0.15, -0.1) is 0 Å². The third-order valence-corrected chi connectivity index (χ3v) is 3.95. The highest BCUT2D eigenvalue weighted by molar-refractivity contribution is 9.10. The van der Waals surface area contributed by atoms with E-state index < -0.39 is 0 Å². The summed E-state index contributed by atoms with van der Waals surface area (Å²) in [6.45, 7) is 3.09. The van der Waals surface area contributed by atoms with Crippen molar-refractivity contribution in [2.24, 2.45) is 0 Å². The summed E-state index contributed by atoms with van der Waals surface area (Å²) in [6.07, 6.45) is 1.52. The second kappa shape index (κ2) is 5.85. The summed E-state index contributed by atoms with van der Waals surface area (Å²) in [5.41, 5.74) is 1.29. The first kappa shape index (κ1) is 12.9. The van der Waals surface area contributed by atoms with E-state index >= 15 is 0 Å². The van der Waals surface area contributed by atoms with E-state index in [-0.39, 0.29) is 0 Å². The van der Waals surface area contributed by atoms with Crippen molar-refractivity contribution in [2.75, 3.05) is 27.3 Å². The maximum absolute atomic E-state index is 5.37. The molecule has 1 saturated heterocycles. The molecule has 0 aromatic heterocycles. The molecule has 1 heterocycles. The van der Waals surface area contributed by atoms with Crippen LogP contribution in [0.5, 0.6) is 5.75 Å². The molecule has 0 spiro atoms. The summed E-state index contributed by atoms with van der Waals surface area (Å²) in [5.74, 6) is 0.886. The smallest absolute Gasteiger partial charge is 0.120 e. The van der Waals surface area contributed by atoms with Crippen molar-refractivity contribution in [1.82, 2.24) is 4.90 Å². The van der Waals surface area contributed by atoms with Crippen molar-refractivity contribution in [3.63, 3.8) is 0 Å². The van der Waals surface area contributed by atoms with E-state index in [0.717, 1.165) is 36.3 Å². The van der Waals surface area contributed by atoms with Crippen molar-refractivity contribution in [1.29, 1.82) is 0 Å². The van der Waals surface area contributed by atoms with Crippen molar-refractivity contribution < 1.29 is 9.47 Å². The van der Waals surface area contributed by atoms with Gasteiger partial charge in [0, 0.05) is 31.2 Å². The van der Waals surface area contributed by atoms with Crippen LogP contribution in [-0.2, 0) is 11.3 Å². The van der Waals surface area contributed by atoms with E-state index in [9.17, 15) is 0 Å². The molecule has 0 aliphatic carbocycles. The fraction of sp³-hybridized carbons (Fsp3) is 0.538. The molecule has 1 aliphatic heterocycles. The van der Waals surface area contributed by atoms with Gasteiger partial charge in [-0.3, -0.25) is 4.90 Å². The van der Waals surface area contributed by atoms with Crippen molar-refractivity contribution in [3.05, 3.63) is 28.2 Å². The number of halogens is 1. The van der Waals surface area contributed by atoms with Crippen LogP contribution in [0.15, 0.2) is 22.7 Å². The molecule has 0 amide bonds. The van der Waals surface area contributed by atoms with Crippen molar-refractivity contribution in [3.8, 4) is 5.75 Å². The van der Waals surface area contributed by atoms with Crippen LogP contribution in [-0.4, -0.2) is 38.3 Å². The van der Waals surface area contributed by atoms with Gasteiger partial charge in [0.15, 0.2) is 0 Å². The number of ether oxygens (including phenoxy) is 2. The number of hydrogen-bond donors (Lipinski definition) is 0. The standard InChI is InChI=1S/C13H18BrNO2/c1-16-11-4-3-10(13(14)7-11)8-15-6-5-12(9-15)17-2/h3-4,7,12H,5-6,8-9H2,1-2H3/t12-/m0/s1. The molecule has 0 N–H and O–H groups in total. The Balaban J connectivity index is 1.99. The Bertz CT molecular complexity index is 384. The summed E-state index contributed by atoms with van der Waals surface area (Å²) < 4.78 is 11.7. The van der Waals surface area contributed by atoms with Gasteiger partial charge in [-0.25, -0.2) is 0 Å². The third kappa shape index (κ3) is 3.21. The Morgan fingerprint density at radius 2 is 2.24 bits per heavy atom. The molecule has 1 fully saturated rings. The Morgan fingerprint density at radius 3 is 2.82 bits per heavy atom. The van der Waals surface area contributed by atoms with Gasteiger partial charge < -0.3 is 9.47 Å². The van der Waals surface area contributed by atoms with Gasteiger partial charge in [0.25, 0.3) is 0 Å². The largest absolute Gasteiger partial charge is 0.497 e. The van der Waals surface area contributed by atoms with Crippen LogP contribution in [0, 0.1) is 0 Å². The molecule has 2 rings (SSSR count). The van der Waals surface area contributed by atoms with Crippen molar-refractivity contribution in [2.45, 2.75) is 19.1 Å². The van der Waals surface area contributed by atoms with Crippen LogP contribution in [0.3, 0.4) is 0 Å². The Labute approximate surface area is 111 Å². The molecular formula is C13H18BrNO2. The monoisotopic (exact) mass is 299 g/mol. The quantitative estimate of drug-likeness (QED) is 0.853. The molecule has 1 aromatic carbocycles. The van der Waals surface area contributed by atoms with Gasteiger partial charge in [-0.05, 0) is 24.1 Å².